The number of nitrogens with one attached hydrogen (secondary N) is 1. The summed E-state index contributed by atoms with van der Waals surface area (Å²) in [5, 5.41) is 3.61. The van der Waals surface area contributed by atoms with Crippen LogP contribution in [0.15, 0.2) is 41.4 Å². The number of hydrogen-bond donors (Lipinski definition) is 4. The number of rotatable bonds is 4. The number of anilines is 2. The molecule has 34 heavy (non-hydrogen) atoms. The Bertz CT molecular complexity index is 1290. The summed E-state index contributed by atoms with van der Waals surface area (Å²) in [5.41, 5.74) is 19.4. The number of quaternary nitrogens is 1. The summed E-state index contributed by atoms with van der Waals surface area (Å²) in [6, 6.07) is 12.4. The Balaban J connectivity index is 1.30. The number of nitrogens with two attached hydrogens (primary N) is 3. The van der Waals surface area contributed by atoms with E-state index < -0.39 is 5.91 Å². The normalized spacial score (nSPS) is 24.3. The van der Waals surface area contributed by atoms with E-state index >= 15 is 0 Å². The van der Waals surface area contributed by atoms with E-state index in [-0.39, 0.29) is 34.5 Å². The monoisotopic (exact) mass is 480 g/mol. The summed E-state index contributed by atoms with van der Waals surface area (Å²) < 4.78 is 0.920. The van der Waals surface area contributed by atoms with Gasteiger partial charge in [0.15, 0.2) is 28.4 Å². The Morgan fingerprint density at radius 2 is 1.85 bits per heavy atom. The fraction of sp³-hybridized carbons (Fsp3) is 0.348. The SMILES string of the molecule is NC(=NC1C[N+]2(Cc3ccc4ccccc4n3)CCC1CC2)NC(=O)c1nc(Cl)c(N)nc1N. The molecule has 3 fully saturated rings. The van der Waals surface area contributed by atoms with Gasteiger partial charge in [0.05, 0.1) is 24.3 Å². The number of nitrogens with zero attached hydrogens (tertiary/aromatic N) is 5. The van der Waals surface area contributed by atoms with Gasteiger partial charge in [-0.25, -0.2) is 19.9 Å². The highest BCUT2D eigenvalue weighted by Crippen LogP contribution is 2.37. The van der Waals surface area contributed by atoms with E-state index in [0.717, 1.165) is 60.1 Å². The lowest BCUT2D eigenvalue weighted by Crippen LogP contribution is -2.63. The quantitative estimate of drug-likeness (QED) is 0.251. The molecule has 2 aromatic heterocycles. The zero-order valence-corrected chi connectivity index (χ0v) is 19.4. The summed E-state index contributed by atoms with van der Waals surface area (Å²) in [5.74, 6) is -0.323. The smallest absolute Gasteiger partial charge is 0.280 e. The minimum absolute atomic E-state index is 0.0155. The highest BCUT2D eigenvalue weighted by atomic mass is 35.5. The first-order valence-corrected chi connectivity index (χ1v) is 11.6. The van der Waals surface area contributed by atoms with Crippen LogP contribution in [0.3, 0.4) is 0 Å². The number of hydrogen-bond acceptors (Lipinski definition) is 7. The molecule has 0 aliphatic carbocycles. The van der Waals surface area contributed by atoms with Crippen LogP contribution < -0.4 is 22.5 Å². The predicted molar refractivity (Wildman–Crippen MR) is 132 cm³/mol. The van der Waals surface area contributed by atoms with Gasteiger partial charge in [-0.05, 0) is 18.1 Å². The van der Waals surface area contributed by atoms with Crippen molar-refractivity contribution in [2.24, 2.45) is 16.6 Å². The summed E-state index contributed by atoms with van der Waals surface area (Å²) in [6.45, 7) is 3.89. The molecule has 0 radical (unpaired) electrons. The Hall–Kier alpha value is -3.50. The fourth-order valence-corrected chi connectivity index (χ4v) is 5.28. The molecule has 1 amide bonds. The molecule has 2 bridgehead atoms. The number of amides is 1. The average molecular weight is 481 g/mol. The molecule has 3 aromatic rings. The van der Waals surface area contributed by atoms with Crippen LogP contribution in [0.25, 0.3) is 10.9 Å². The molecule has 10 nitrogen and oxygen atoms in total. The van der Waals surface area contributed by atoms with Crippen LogP contribution >= 0.6 is 11.6 Å². The largest absolute Gasteiger partial charge is 0.382 e. The molecule has 1 aromatic carbocycles. The molecule has 5 heterocycles. The fourth-order valence-electron chi connectivity index (χ4n) is 5.15. The van der Waals surface area contributed by atoms with Crippen molar-refractivity contribution in [3.05, 3.63) is 52.9 Å². The van der Waals surface area contributed by atoms with Gasteiger partial charge in [-0.1, -0.05) is 35.9 Å². The highest BCUT2D eigenvalue weighted by Gasteiger charge is 2.46. The first kappa shape index (κ1) is 22.3. The molecule has 3 saturated heterocycles. The van der Waals surface area contributed by atoms with Crippen LogP contribution in [0, 0.1) is 5.92 Å². The molecule has 3 aliphatic rings. The second-order valence-corrected chi connectivity index (χ2v) is 9.49. The standard InChI is InChI=1S/C23H26ClN9O/c24-19-21(26)31-20(25)18(30-19)22(34)32-23(27)29-17-12-33(9-7-14(17)8-10-33)11-15-6-5-13-3-1-2-4-16(13)28-15/h1-6,14,17H,7-12H2,(H6-,25,26,27,29,31,32,34)/p+1. The van der Waals surface area contributed by atoms with Gasteiger partial charge in [-0.15, -0.1) is 0 Å². The van der Waals surface area contributed by atoms with Crippen LogP contribution in [0.4, 0.5) is 11.6 Å². The maximum atomic E-state index is 12.6. The molecule has 7 N–H and O–H groups in total. The Morgan fingerprint density at radius 3 is 2.65 bits per heavy atom. The maximum absolute atomic E-state index is 12.6. The van der Waals surface area contributed by atoms with Crippen molar-refractivity contribution in [1.82, 2.24) is 20.3 Å². The number of halogens is 1. The second kappa shape index (κ2) is 8.69. The number of carbonyl (C=O) groups excluding carboxylic acids is 1. The van der Waals surface area contributed by atoms with Crippen LogP contribution in [-0.2, 0) is 6.54 Å². The first-order chi connectivity index (χ1) is 16.3. The molecule has 11 heteroatoms. The van der Waals surface area contributed by atoms with Crippen molar-refractivity contribution in [2.75, 3.05) is 31.1 Å². The maximum Gasteiger partial charge on any atom is 0.280 e. The third-order valence-corrected chi connectivity index (χ3v) is 7.17. The minimum atomic E-state index is -0.626. The number of guanidine groups is 1. The number of nitrogen functional groups attached to an aromatic ring is 2. The van der Waals surface area contributed by atoms with Crippen LogP contribution in [-0.4, -0.2) is 57.0 Å². The van der Waals surface area contributed by atoms with Crippen molar-refractivity contribution >= 4 is 46.0 Å². The van der Waals surface area contributed by atoms with Gasteiger partial charge in [-0.3, -0.25) is 10.1 Å². The molecule has 0 spiro atoms. The lowest BCUT2D eigenvalue weighted by Gasteiger charge is -2.51. The van der Waals surface area contributed by atoms with Gasteiger partial charge >= 0.3 is 0 Å². The second-order valence-electron chi connectivity index (χ2n) is 9.13. The number of aliphatic imine (C=N–C) groups is 1. The van der Waals surface area contributed by atoms with Gasteiger partial charge in [0.1, 0.15) is 19.1 Å². The zero-order chi connectivity index (χ0) is 23.9. The number of aromatic nitrogens is 3. The van der Waals surface area contributed by atoms with E-state index in [1.807, 2.05) is 18.2 Å². The van der Waals surface area contributed by atoms with E-state index in [1.165, 1.54) is 0 Å². The molecule has 1 atom stereocenters. The Kier molecular flexibility index (Phi) is 5.70. The molecule has 3 aliphatic heterocycles. The Labute approximate surface area is 201 Å². The lowest BCUT2D eigenvalue weighted by molar-refractivity contribution is -0.956. The van der Waals surface area contributed by atoms with E-state index in [1.54, 1.807) is 0 Å². The van der Waals surface area contributed by atoms with E-state index in [9.17, 15) is 4.79 Å². The molecule has 176 valence electrons. The van der Waals surface area contributed by atoms with Crippen molar-refractivity contribution in [2.45, 2.75) is 25.4 Å². The number of carbonyl (C=O) groups is 1. The van der Waals surface area contributed by atoms with Crippen LogP contribution in [0.2, 0.25) is 5.15 Å². The van der Waals surface area contributed by atoms with Gasteiger partial charge in [0, 0.05) is 18.2 Å². The van der Waals surface area contributed by atoms with Crippen molar-refractivity contribution < 1.29 is 9.28 Å². The third-order valence-electron chi connectivity index (χ3n) is 6.89. The van der Waals surface area contributed by atoms with E-state index in [4.69, 9.17) is 33.8 Å². The summed E-state index contributed by atoms with van der Waals surface area (Å²) in [7, 11) is 0. The predicted octanol–water partition coefficient (Wildman–Crippen LogP) is 1.70. The summed E-state index contributed by atoms with van der Waals surface area (Å²) in [6.07, 6.45) is 2.13. The molecule has 1 unspecified atom stereocenters. The van der Waals surface area contributed by atoms with E-state index in [2.05, 4.69) is 38.5 Å². The first-order valence-electron chi connectivity index (χ1n) is 11.2. The number of para-hydroxylation sites is 1. The topological polar surface area (TPSA) is 158 Å². The van der Waals surface area contributed by atoms with Gasteiger partial charge in [0.25, 0.3) is 5.91 Å². The van der Waals surface area contributed by atoms with Crippen molar-refractivity contribution in [1.29, 1.82) is 0 Å². The van der Waals surface area contributed by atoms with Gasteiger partial charge < -0.3 is 21.7 Å². The molecular weight excluding hydrogens is 454 g/mol. The number of benzene rings is 1. The number of pyridine rings is 1. The van der Waals surface area contributed by atoms with E-state index in [0.29, 0.717) is 5.92 Å². The molecular formula is C23H27ClN9O+. The van der Waals surface area contributed by atoms with Gasteiger partial charge in [-0.2, -0.15) is 0 Å². The van der Waals surface area contributed by atoms with Crippen LogP contribution in [0.1, 0.15) is 29.0 Å². The van der Waals surface area contributed by atoms with Crippen molar-refractivity contribution in [3.8, 4) is 0 Å². The molecule has 6 rings (SSSR count). The summed E-state index contributed by atoms with van der Waals surface area (Å²) >= 11 is 5.88. The molecule has 0 saturated carbocycles. The van der Waals surface area contributed by atoms with Crippen LogP contribution in [0.5, 0.6) is 0 Å². The third kappa shape index (κ3) is 4.34. The highest BCUT2D eigenvalue weighted by molar-refractivity contribution is 6.31. The van der Waals surface area contributed by atoms with Crippen molar-refractivity contribution in [3.63, 3.8) is 0 Å². The van der Waals surface area contributed by atoms with Gasteiger partial charge in [0.2, 0.25) is 0 Å². The average Bonchev–Trinajstić information content (AvgIpc) is 2.81. The number of fused-ring (bicyclic) bond motifs is 4. The zero-order valence-electron chi connectivity index (χ0n) is 18.6. The Morgan fingerprint density at radius 1 is 1.09 bits per heavy atom. The lowest BCUT2D eigenvalue weighted by atomic mass is 9.81. The number of piperidine rings is 3. The minimum Gasteiger partial charge on any atom is -0.382 e. The summed E-state index contributed by atoms with van der Waals surface area (Å²) in [4.78, 5) is 29.9.